The monoisotopic (exact) mass is 558 g/mol. The molecule has 218 valence electrons. The van der Waals surface area contributed by atoms with Crippen LogP contribution in [0.5, 0.6) is 0 Å². The van der Waals surface area contributed by atoms with E-state index in [0.717, 1.165) is 0 Å². The van der Waals surface area contributed by atoms with E-state index in [2.05, 4.69) is 9.97 Å². The average molecular weight is 559 g/mol. The molecule has 1 saturated heterocycles. The zero-order valence-corrected chi connectivity index (χ0v) is 22.4. The van der Waals surface area contributed by atoms with Crippen LogP contribution in [0.15, 0.2) is 12.4 Å². The number of aromatic nitrogens is 4. The van der Waals surface area contributed by atoms with Crippen LogP contribution in [0.4, 0.5) is 11.6 Å². The topological polar surface area (TPSA) is 203 Å². The summed E-state index contributed by atoms with van der Waals surface area (Å²) in [5, 5.41) is 42.3. The summed E-state index contributed by atoms with van der Waals surface area (Å²) in [4.78, 5) is 26.4. The van der Waals surface area contributed by atoms with Crippen molar-refractivity contribution in [1.29, 1.82) is 0 Å². The van der Waals surface area contributed by atoms with Crippen molar-refractivity contribution in [3.8, 4) is 0 Å². The molecule has 2 aromatic rings. The van der Waals surface area contributed by atoms with Gasteiger partial charge in [-0.1, -0.05) is 0 Å². The number of nitrogens with zero attached hydrogens (tertiary/aromatic N) is 4. The lowest BCUT2D eigenvalue weighted by atomic mass is 9.98. The molecule has 3 rings (SSSR count). The van der Waals surface area contributed by atoms with Crippen molar-refractivity contribution in [2.45, 2.75) is 83.3 Å². The van der Waals surface area contributed by atoms with Crippen molar-refractivity contribution < 1.29 is 48.1 Å². The Morgan fingerprint density at radius 2 is 1.41 bits per heavy atom. The number of aliphatic hydroxyl groups excluding tert-OH is 2. The fraction of sp³-hybridized carbons (Fsp3) is 0.739. The number of hydrogen-bond donors (Lipinski definition) is 4. The fourth-order valence-electron chi connectivity index (χ4n) is 4.52. The van der Waals surface area contributed by atoms with Crippen LogP contribution in [0.25, 0.3) is 0 Å². The van der Waals surface area contributed by atoms with E-state index in [4.69, 9.17) is 18.9 Å². The van der Waals surface area contributed by atoms with Gasteiger partial charge >= 0.3 is 11.6 Å². The quantitative estimate of drug-likeness (QED) is 0.0947. The molecule has 39 heavy (non-hydrogen) atoms. The molecule has 0 amide bonds. The molecule has 1 aliphatic heterocycles. The number of nitrogens with one attached hydrogen (secondary N) is 2. The van der Waals surface area contributed by atoms with Gasteiger partial charge in [-0.15, -0.1) is 0 Å². The Morgan fingerprint density at radius 3 is 1.82 bits per heavy atom. The van der Waals surface area contributed by atoms with Gasteiger partial charge in [-0.2, -0.15) is 0 Å². The SMILES string of the molecule is CO[C@H]1O[C@H](CO)[C@@H](O)[C@H](OCCCC[n+]2cc([N+](=O)[O-])[nH]c2C)[C@H]1OCCCC[n+]1cc([N+](=O)[O-])[nH]c1C. The largest absolute Gasteiger partial charge is 0.394 e. The molecule has 3 heterocycles. The second-order valence-electron chi connectivity index (χ2n) is 9.39. The second kappa shape index (κ2) is 14.4. The van der Waals surface area contributed by atoms with E-state index in [1.165, 1.54) is 19.5 Å². The van der Waals surface area contributed by atoms with Crippen LogP contribution in [0.2, 0.25) is 0 Å². The van der Waals surface area contributed by atoms with Gasteiger partial charge in [0.05, 0.1) is 19.7 Å². The predicted octanol–water partition coefficient (Wildman–Crippen LogP) is 0.107. The Hall–Kier alpha value is -3.02. The third kappa shape index (κ3) is 8.00. The van der Waals surface area contributed by atoms with Crippen LogP contribution in [0.3, 0.4) is 0 Å². The van der Waals surface area contributed by atoms with Crippen molar-refractivity contribution >= 4 is 11.6 Å². The number of rotatable bonds is 16. The van der Waals surface area contributed by atoms with Gasteiger partial charge in [0, 0.05) is 34.2 Å². The number of methoxy groups -OCH3 is 1. The first-order valence-electron chi connectivity index (χ1n) is 12.8. The maximum atomic E-state index is 10.9. The summed E-state index contributed by atoms with van der Waals surface area (Å²) in [5.74, 6) is 1.21. The summed E-state index contributed by atoms with van der Waals surface area (Å²) in [5.41, 5.74) is 0. The zero-order chi connectivity index (χ0) is 28.5. The number of aliphatic hydroxyl groups is 2. The van der Waals surface area contributed by atoms with Crippen LogP contribution < -0.4 is 9.13 Å². The third-order valence-corrected chi connectivity index (χ3v) is 6.67. The van der Waals surface area contributed by atoms with E-state index in [0.29, 0.717) is 57.0 Å². The molecular weight excluding hydrogens is 520 g/mol. The number of hydrogen-bond acceptors (Lipinski definition) is 10. The first kappa shape index (κ1) is 30.5. The van der Waals surface area contributed by atoms with Crippen molar-refractivity contribution in [2.75, 3.05) is 26.9 Å². The van der Waals surface area contributed by atoms with Crippen molar-refractivity contribution in [2.24, 2.45) is 0 Å². The minimum atomic E-state index is -1.14. The lowest BCUT2D eigenvalue weighted by molar-refractivity contribution is -0.703. The molecular formula is C23H38N6O10+2. The van der Waals surface area contributed by atoms with Gasteiger partial charge in [0.25, 0.3) is 11.6 Å². The summed E-state index contributed by atoms with van der Waals surface area (Å²) in [6.07, 6.45) is 1.05. The van der Waals surface area contributed by atoms with Crippen LogP contribution in [0.1, 0.15) is 37.3 Å². The number of unbranched alkanes of at least 4 members (excludes halogenated alkanes) is 2. The van der Waals surface area contributed by atoms with E-state index in [1.54, 1.807) is 23.0 Å². The third-order valence-electron chi connectivity index (χ3n) is 6.67. The minimum Gasteiger partial charge on any atom is -0.394 e. The molecule has 0 aromatic carbocycles. The van der Waals surface area contributed by atoms with Crippen LogP contribution in [0, 0.1) is 34.1 Å². The Bertz CT molecular complexity index is 1090. The van der Waals surface area contributed by atoms with E-state index >= 15 is 0 Å². The summed E-state index contributed by atoms with van der Waals surface area (Å²) < 4.78 is 26.7. The summed E-state index contributed by atoms with van der Waals surface area (Å²) >= 11 is 0. The number of aromatic amines is 2. The van der Waals surface area contributed by atoms with Gasteiger partial charge in [0.1, 0.15) is 24.4 Å². The Kier molecular flexibility index (Phi) is 11.3. The van der Waals surface area contributed by atoms with Crippen LogP contribution >= 0.6 is 0 Å². The highest BCUT2D eigenvalue weighted by molar-refractivity contribution is 5.10. The van der Waals surface area contributed by atoms with E-state index < -0.39 is 47.2 Å². The standard InChI is InChI=1S/C23H36N6O10/c1-15-24-18(28(32)33)12-26(15)8-4-6-10-37-21-20(31)17(14-30)39-23(36-3)22(21)38-11-7-5-9-27-13-19(29(34)35)25-16(27)2/h12-13,17,20-23,30-31H,4-11,14H2,1-3H3/p+2/t17-,20-,21+,22-,23+/m1/s1. The molecule has 0 aliphatic carbocycles. The smallest absolute Gasteiger partial charge is 0.363 e. The predicted molar refractivity (Wildman–Crippen MR) is 131 cm³/mol. The highest BCUT2D eigenvalue weighted by Crippen LogP contribution is 2.27. The van der Waals surface area contributed by atoms with Crippen molar-refractivity contribution in [3.63, 3.8) is 0 Å². The molecule has 0 radical (unpaired) electrons. The van der Waals surface area contributed by atoms with E-state index in [9.17, 15) is 30.4 Å². The minimum absolute atomic E-state index is 0.0680. The fourth-order valence-corrected chi connectivity index (χ4v) is 4.52. The molecule has 16 heteroatoms. The van der Waals surface area contributed by atoms with Crippen molar-refractivity contribution in [3.05, 3.63) is 44.3 Å². The molecule has 0 spiro atoms. The lowest BCUT2D eigenvalue weighted by Gasteiger charge is -2.43. The Balaban J connectivity index is 1.50. The van der Waals surface area contributed by atoms with Gasteiger partial charge in [-0.25, -0.2) is 19.1 Å². The molecule has 0 unspecified atom stereocenters. The lowest BCUT2D eigenvalue weighted by Crippen LogP contribution is -2.60. The number of ether oxygens (including phenoxy) is 4. The summed E-state index contributed by atoms with van der Waals surface area (Å²) in [6, 6.07) is 0. The summed E-state index contributed by atoms with van der Waals surface area (Å²) in [6.45, 7) is 4.79. The Morgan fingerprint density at radius 1 is 0.923 bits per heavy atom. The first-order valence-corrected chi connectivity index (χ1v) is 12.8. The molecule has 2 aromatic heterocycles. The van der Waals surface area contributed by atoms with Gasteiger partial charge in [-0.05, 0) is 35.5 Å². The number of nitro groups is 2. The molecule has 0 saturated carbocycles. The molecule has 1 fully saturated rings. The normalized spacial score (nSPS) is 23.3. The highest BCUT2D eigenvalue weighted by Gasteiger charge is 2.46. The van der Waals surface area contributed by atoms with Gasteiger partial charge < -0.3 is 49.4 Å². The van der Waals surface area contributed by atoms with E-state index in [1.807, 2.05) is 0 Å². The number of H-pyrrole nitrogens is 2. The number of aryl methyl sites for hydroxylation is 4. The maximum absolute atomic E-state index is 10.9. The van der Waals surface area contributed by atoms with Crippen LogP contribution in [-0.4, -0.2) is 87.7 Å². The van der Waals surface area contributed by atoms with Gasteiger partial charge in [-0.3, -0.25) is 0 Å². The van der Waals surface area contributed by atoms with Gasteiger partial charge in [0.15, 0.2) is 18.7 Å². The first-order chi connectivity index (χ1) is 18.7. The second-order valence-corrected chi connectivity index (χ2v) is 9.39. The van der Waals surface area contributed by atoms with Gasteiger partial charge in [0.2, 0.25) is 0 Å². The highest BCUT2D eigenvalue weighted by atomic mass is 16.7. The zero-order valence-electron chi connectivity index (χ0n) is 22.4. The average Bonchev–Trinajstić information content (AvgIpc) is 3.47. The molecule has 1 aliphatic rings. The van der Waals surface area contributed by atoms with Crippen molar-refractivity contribution in [1.82, 2.24) is 9.97 Å². The summed E-state index contributed by atoms with van der Waals surface area (Å²) in [7, 11) is 1.44. The Labute approximate surface area is 224 Å². The molecule has 16 nitrogen and oxygen atoms in total. The number of imidazole rings is 2. The van der Waals surface area contributed by atoms with E-state index in [-0.39, 0.29) is 18.2 Å². The molecule has 4 N–H and O–H groups in total. The maximum Gasteiger partial charge on any atom is 0.363 e. The molecule has 0 bridgehead atoms. The van der Waals surface area contributed by atoms with Crippen LogP contribution in [-0.2, 0) is 32.0 Å². The molecule has 5 atom stereocenters.